The van der Waals surface area contributed by atoms with Crippen molar-refractivity contribution in [2.24, 2.45) is 0 Å². The Hall–Kier alpha value is -2.25. The molecular weight excluding hydrogens is 272 g/mol. The highest BCUT2D eigenvalue weighted by molar-refractivity contribution is 5.81. The molecule has 0 aliphatic rings. The van der Waals surface area contributed by atoms with E-state index < -0.39 is 27.9 Å². The second-order valence-corrected chi connectivity index (χ2v) is 3.96. The minimum Gasteiger partial charge on any atom is -0.371 e. The molecule has 20 heavy (non-hydrogen) atoms. The van der Waals surface area contributed by atoms with Crippen molar-refractivity contribution in [3.8, 4) is 0 Å². The predicted molar refractivity (Wildman–Crippen MR) is 69.4 cm³/mol. The fraction of sp³-hybridized carbons (Fsp3) is 0.417. The molecule has 0 atom stereocenters. The molecule has 0 radical (unpaired) electrons. The van der Waals surface area contributed by atoms with Crippen LogP contribution in [0.15, 0.2) is 12.1 Å². The van der Waals surface area contributed by atoms with Crippen molar-refractivity contribution in [3.63, 3.8) is 0 Å². The molecule has 8 heteroatoms. The number of non-ortho nitro benzene ring substituents is 1. The van der Waals surface area contributed by atoms with Gasteiger partial charge in [0.05, 0.1) is 23.6 Å². The first-order valence-corrected chi connectivity index (χ1v) is 6.05. The van der Waals surface area contributed by atoms with Gasteiger partial charge in [0.25, 0.3) is 5.69 Å². The number of likely N-dealkylation sites (N-methyl/N-ethyl adjacent to an activating group) is 1. The molecule has 110 valence electrons. The normalized spacial score (nSPS) is 10.2. The lowest BCUT2D eigenvalue weighted by Crippen LogP contribution is -2.35. The molecule has 0 bridgehead atoms. The van der Waals surface area contributed by atoms with E-state index in [4.69, 9.17) is 0 Å². The molecule has 1 aromatic carbocycles. The minimum absolute atomic E-state index is 0.284. The number of carbonyl (C=O) groups excluding carboxylic acids is 1. The monoisotopic (exact) mass is 287 g/mol. The molecule has 1 N–H and O–H groups in total. The van der Waals surface area contributed by atoms with Crippen LogP contribution in [0.4, 0.5) is 20.2 Å². The van der Waals surface area contributed by atoms with Crippen molar-refractivity contribution in [3.05, 3.63) is 33.9 Å². The van der Waals surface area contributed by atoms with E-state index >= 15 is 0 Å². The van der Waals surface area contributed by atoms with Crippen LogP contribution in [0.2, 0.25) is 0 Å². The maximum atomic E-state index is 13.6. The van der Waals surface area contributed by atoms with Gasteiger partial charge in [0.2, 0.25) is 5.91 Å². The molecule has 1 aromatic rings. The van der Waals surface area contributed by atoms with Crippen LogP contribution in [-0.2, 0) is 4.79 Å². The van der Waals surface area contributed by atoms with E-state index in [1.807, 2.05) is 0 Å². The number of benzene rings is 1. The van der Waals surface area contributed by atoms with Crippen LogP contribution < -0.4 is 5.32 Å². The van der Waals surface area contributed by atoms with Gasteiger partial charge >= 0.3 is 0 Å². The third-order valence-electron chi connectivity index (χ3n) is 2.77. The standard InChI is InChI=1S/C12H15F2N3O3/c1-3-16(4-2)11(18)7-15-12-9(13)5-8(17(19)20)6-10(12)14/h5-6,15H,3-4,7H2,1-2H3. The fourth-order valence-corrected chi connectivity index (χ4v) is 1.69. The summed E-state index contributed by atoms with van der Waals surface area (Å²) in [5, 5.41) is 12.8. The molecule has 0 fully saturated rings. The van der Waals surface area contributed by atoms with Gasteiger partial charge in [0.1, 0.15) is 5.69 Å². The third kappa shape index (κ3) is 3.62. The summed E-state index contributed by atoms with van der Waals surface area (Å²) in [7, 11) is 0. The van der Waals surface area contributed by atoms with Crippen LogP contribution >= 0.6 is 0 Å². The van der Waals surface area contributed by atoms with Crippen LogP contribution in [0, 0.1) is 21.7 Å². The Bertz CT molecular complexity index is 496. The van der Waals surface area contributed by atoms with Crippen molar-refractivity contribution >= 4 is 17.3 Å². The summed E-state index contributed by atoms with van der Waals surface area (Å²) in [6, 6.07) is 1.21. The largest absolute Gasteiger partial charge is 0.371 e. The van der Waals surface area contributed by atoms with Crippen molar-refractivity contribution in [1.29, 1.82) is 0 Å². The van der Waals surface area contributed by atoms with E-state index in [9.17, 15) is 23.7 Å². The number of nitro benzene ring substituents is 1. The number of hydrogen-bond donors (Lipinski definition) is 1. The van der Waals surface area contributed by atoms with Gasteiger partial charge in [0, 0.05) is 13.1 Å². The highest BCUT2D eigenvalue weighted by atomic mass is 19.1. The molecule has 0 unspecified atom stereocenters. The summed E-state index contributed by atoms with van der Waals surface area (Å²) in [6.07, 6.45) is 0. The smallest absolute Gasteiger partial charge is 0.275 e. The summed E-state index contributed by atoms with van der Waals surface area (Å²) in [4.78, 5) is 22.7. The average Bonchev–Trinajstić information content (AvgIpc) is 2.38. The number of anilines is 1. The Morgan fingerprint density at radius 1 is 1.30 bits per heavy atom. The van der Waals surface area contributed by atoms with Gasteiger partial charge in [0.15, 0.2) is 11.6 Å². The van der Waals surface area contributed by atoms with E-state index in [0.29, 0.717) is 25.2 Å². The second-order valence-electron chi connectivity index (χ2n) is 3.96. The Kier molecular flexibility index (Phi) is 5.36. The van der Waals surface area contributed by atoms with Crippen LogP contribution in [-0.4, -0.2) is 35.4 Å². The molecule has 1 rings (SSSR count). The second kappa shape index (κ2) is 6.78. The Morgan fingerprint density at radius 3 is 2.20 bits per heavy atom. The zero-order chi connectivity index (χ0) is 15.3. The van der Waals surface area contributed by atoms with Crippen molar-refractivity contribution in [2.75, 3.05) is 25.0 Å². The highest BCUT2D eigenvalue weighted by Gasteiger charge is 2.18. The minimum atomic E-state index is -1.11. The van der Waals surface area contributed by atoms with Gasteiger partial charge in [-0.2, -0.15) is 0 Å². The van der Waals surface area contributed by atoms with Crippen LogP contribution in [0.3, 0.4) is 0 Å². The zero-order valence-electron chi connectivity index (χ0n) is 11.2. The van der Waals surface area contributed by atoms with Gasteiger partial charge in [-0.05, 0) is 13.8 Å². The van der Waals surface area contributed by atoms with Gasteiger partial charge < -0.3 is 10.2 Å². The molecule has 0 aliphatic carbocycles. The highest BCUT2D eigenvalue weighted by Crippen LogP contribution is 2.24. The van der Waals surface area contributed by atoms with Crippen molar-refractivity contribution < 1.29 is 18.5 Å². The lowest BCUT2D eigenvalue weighted by molar-refractivity contribution is -0.385. The Labute approximate surface area is 114 Å². The van der Waals surface area contributed by atoms with E-state index in [2.05, 4.69) is 5.32 Å². The molecule has 0 saturated heterocycles. The SMILES string of the molecule is CCN(CC)C(=O)CNc1c(F)cc([N+](=O)[O-])cc1F. The Morgan fingerprint density at radius 2 is 1.80 bits per heavy atom. The first kappa shape index (κ1) is 15.8. The molecule has 6 nitrogen and oxygen atoms in total. The predicted octanol–water partition coefficient (Wildman–Crippen LogP) is 2.15. The van der Waals surface area contributed by atoms with E-state index in [1.165, 1.54) is 4.90 Å². The average molecular weight is 287 g/mol. The maximum Gasteiger partial charge on any atom is 0.275 e. The number of carbonyl (C=O) groups is 1. The third-order valence-corrected chi connectivity index (χ3v) is 2.77. The Balaban J connectivity index is 2.84. The van der Waals surface area contributed by atoms with E-state index in [0.717, 1.165) is 0 Å². The van der Waals surface area contributed by atoms with E-state index in [1.54, 1.807) is 13.8 Å². The molecule has 0 spiro atoms. The van der Waals surface area contributed by atoms with E-state index in [-0.39, 0.29) is 12.5 Å². The fourth-order valence-electron chi connectivity index (χ4n) is 1.69. The number of halogens is 2. The number of rotatable bonds is 6. The first-order chi connectivity index (χ1) is 9.40. The molecule has 0 aliphatic heterocycles. The van der Waals surface area contributed by atoms with Gasteiger partial charge in [-0.3, -0.25) is 14.9 Å². The maximum absolute atomic E-state index is 13.6. The lowest BCUT2D eigenvalue weighted by Gasteiger charge is -2.19. The van der Waals surface area contributed by atoms with Gasteiger partial charge in [-0.1, -0.05) is 0 Å². The number of hydrogen-bond acceptors (Lipinski definition) is 4. The lowest BCUT2D eigenvalue weighted by atomic mass is 10.2. The van der Waals surface area contributed by atoms with Gasteiger partial charge in [-0.15, -0.1) is 0 Å². The summed E-state index contributed by atoms with van der Waals surface area (Å²) >= 11 is 0. The zero-order valence-corrected chi connectivity index (χ0v) is 11.2. The summed E-state index contributed by atoms with van der Waals surface area (Å²) in [5.74, 6) is -2.53. The first-order valence-electron chi connectivity index (χ1n) is 6.05. The number of amides is 1. The quantitative estimate of drug-likeness (QED) is 0.642. The molecule has 0 saturated carbocycles. The molecule has 0 aromatic heterocycles. The summed E-state index contributed by atoms with van der Waals surface area (Å²) in [5.41, 5.74) is -1.23. The molecular formula is C12H15F2N3O3. The van der Waals surface area contributed by atoms with Crippen LogP contribution in [0.1, 0.15) is 13.8 Å². The summed E-state index contributed by atoms with van der Waals surface area (Å²) < 4.78 is 27.1. The molecule has 1 amide bonds. The summed E-state index contributed by atoms with van der Waals surface area (Å²) in [6.45, 7) is 4.26. The van der Waals surface area contributed by atoms with Crippen molar-refractivity contribution in [1.82, 2.24) is 4.90 Å². The number of nitro groups is 1. The van der Waals surface area contributed by atoms with Crippen LogP contribution in [0.25, 0.3) is 0 Å². The topological polar surface area (TPSA) is 75.5 Å². The van der Waals surface area contributed by atoms with Gasteiger partial charge in [-0.25, -0.2) is 8.78 Å². The number of nitrogens with zero attached hydrogens (tertiary/aromatic N) is 2. The molecule has 0 heterocycles. The number of nitrogens with one attached hydrogen (secondary N) is 1. The van der Waals surface area contributed by atoms with Crippen LogP contribution in [0.5, 0.6) is 0 Å². The van der Waals surface area contributed by atoms with Crippen molar-refractivity contribution in [2.45, 2.75) is 13.8 Å².